The highest BCUT2D eigenvalue weighted by molar-refractivity contribution is 6.30. The Bertz CT molecular complexity index is 808. The maximum absolute atomic E-state index is 10.4. The van der Waals surface area contributed by atoms with Crippen LogP contribution in [0, 0.1) is 13.8 Å². The second-order valence-electron chi connectivity index (χ2n) is 5.88. The first-order valence-corrected chi connectivity index (χ1v) is 8.16. The summed E-state index contributed by atoms with van der Waals surface area (Å²) in [5.41, 5.74) is 4.61. The first kappa shape index (κ1) is 15.9. The Hall–Kier alpha value is -1.97. The Kier molecular flexibility index (Phi) is 4.60. The topological polar surface area (TPSA) is 37.2 Å². The van der Waals surface area contributed by atoms with E-state index in [0.29, 0.717) is 18.1 Å². The molecule has 4 heteroatoms. The monoisotopic (exact) mass is 328 g/mol. The fraction of sp³-hybridized carbons (Fsp3) is 0.263. The molecule has 0 unspecified atom stereocenters. The number of para-hydroxylation sites is 1. The van der Waals surface area contributed by atoms with Gasteiger partial charge < -0.3 is 15.0 Å². The molecule has 1 atom stereocenters. The van der Waals surface area contributed by atoms with Crippen LogP contribution in [0.15, 0.2) is 48.5 Å². The zero-order valence-corrected chi connectivity index (χ0v) is 14.1. The number of anilines is 1. The van der Waals surface area contributed by atoms with Crippen molar-refractivity contribution in [2.45, 2.75) is 26.5 Å². The summed E-state index contributed by atoms with van der Waals surface area (Å²) in [5.74, 6) is 0. The lowest BCUT2D eigenvalue weighted by Gasteiger charge is -2.16. The summed E-state index contributed by atoms with van der Waals surface area (Å²) in [6, 6.07) is 15.8. The van der Waals surface area contributed by atoms with Gasteiger partial charge in [0.15, 0.2) is 0 Å². The number of aliphatic hydroxyl groups is 1. The minimum absolute atomic E-state index is 0.473. The third-order valence-corrected chi connectivity index (χ3v) is 4.58. The van der Waals surface area contributed by atoms with Gasteiger partial charge in [0, 0.05) is 33.9 Å². The molecule has 0 saturated carbocycles. The van der Waals surface area contributed by atoms with Gasteiger partial charge in [0.05, 0.1) is 12.6 Å². The molecular weight excluding hydrogens is 308 g/mol. The molecule has 120 valence electrons. The van der Waals surface area contributed by atoms with Crippen LogP contribution in [0.25, 0.3) is 10.9 Å². The highest BCUT2D eigenvalue weighted by Gasteiger charge is 2.13. The molecule has 0 fully saturated rings. The van der Waals surface area contributed by atoms with Crippen molar-refractivity contribution >= 4 is 28.2 Å². The molecule has 1 heterocycles. The van der Waals surface area contributed by atoms with Crippen LogP contribution >= 0.6 is 11.6 Å². The molecule has 23 heavy (non-hydrogen) atoms. The number of halogens is 1. The zero-order chi connectivity index (χ0) is 16.4. The van der Waals surface area contributed by atoms with Gasteiger partial charge in [-0.3, -0.25) is 0 Å². The Labute approximate surface area is 141 Å². The average molecular weight is 329 g/mol. The van der Waals surface area contributed by atoms with E-state index in [1.54, 1.807) is 0 Å². The molecule has 0 radical (unpaired) electrons. The Morgan fingerprint density at radius 3 is 2.52 bits per heavy atom. The first-order valence-electron chi connectivity index (χ1n) is 7.78. The number of benzene rings is 2. The predicted octanol–water partition coefficient (Wildman–Crippen LogP) is 4.38. The summed E-state index contributed by atoms with van der Waals surface area (Å²) in [6.45, 7) is 5.30. The van der Waals surface area contributed by atoms with Crippen LogP contribution in [-0.4, -0.2) is 22.3 Å². The Balaban J connectivity index is 1.72. The van der Waals surface area contributed by atoms with Gasteiger partial charge in [-0.1, -0.05) is 29.8 Å². The van der Waals surface area contributed by atoms with Gasteiger partial charge in [-0.15, -0.1) is 0 Å². The van der Waals surface area contributed by atoms with E-state index in [0.717, 1.165) is 5.69 Å². The van der Waals surface area contributed by atoms with E-state index < -0.39 is 6.10 Å². The molecule has 0 amide bonds. The van der Waals surface area contributed by atoms with E-state index in [1.807, 2.05) is 30.3 Å². The SMILES string of the molecule is Cc1c(C)n(C[C@H](O)CNc2ccc(Cl)cc2)c2ccccc12. The van der Waals surface area contributed by atoms with E-state index in [1.165, 1.54) is 22.2 Å². The number of aryl methyl sites for hydroxylation is 1. The van der Waals surface area contributed by atoms with Crippen LogP contribution in [-0.2, 0) is 6.54 Å². The number of nitrogens with zero attached hydrogens (tertiary/aromatic N) is 1. The van der Waals surface area contributed by atoms with E-state index in [9.17, 15) is 5.11 Å². The van der Waals surface area contributed by atoms with E-state index >= 15 is 0 Å². The van der Waals surface area contributed by atoms with Gasteiger partial charge in [-0.25, -0.2) is 0 Å². The summed E-state index contributed by atoms with van der Waals surface area (Å²) in [7, 11) is 0. The quantitative estimate of drug-likeness (QED) is 0.729. The van der Waals surface area contributed by atoms with E-state index in [4.69, 9.17) is 11.6 Å². The minimum atomic E-state index is -0.473. The van der Waals surface area contributed by atoms with Crippen LogP contribution in [0.2, 0.25) is 5.02 Å². The number of aliphatic hydroxyl groups excluding tert-OH is 1. The standard InChI is InChI=1S/C19H21ClN2O/c1-13-14(2)22(19-6-4-3-5-18(13)19)12-17(23)11-21-16-9-7-15(20)8-10-16/h3-10,17,21,23H,11-12H2,1-2H3/t17-/m1/s1. The number of hydrogen-bond donors (Lipinski definition) is 2. The van der Waals surface area contributed by atoms with Gasteiger partial charge in [0.1, 0.15) is 0 Å². The van der Waals surface area contributed by atoms with Gasteiger partial charge in [0.25, 0.3) is 0 Å². The van der Waals surface area contributed by atoms with Crippen molar-refractivity contribution < 1.29 is 5.11 Å². The summed E-state index contributed by atoms with van der Waals surface area (Å²) >= 11 is 5.88. The molecule has 0 aliphatic carbocycles. The van der Waals surface area contributed by atoms with Crippen LogP contribution in [0.3, 0.4) is 0 Å². The maximum Gasteiger partial charge on any atom is 0.0891 e. The van der Waals surface area contributed by atoms with Crippen molar-refractivity contribution in [3.05, 3.63) is 64.8 Å². The molecule has 0 bridgehead atoms. The van der Waals surface area contributed by atoms with Crippen LogP contribution in [0.1, 0.15) is 11.3 Å². The lowest BCUT2D eigenvalue weighted by molar-refractivity contribution is 0.167. The molecular formula is C19H21ClN2O. The lowest BCUT2D eigenvalue weighted by atomic mass is 10.2. The second kappa shape index (κ2) is 6.65. The fourth-order valence-electron chi connectivity index (χ4n) is 2.92. The van der Waals surface area contributed by atoms with Crippen molar-refractivity contribution in [2.75, 3.05) is 11.9 Å². The largest absolute Gasteiger partial charge is 0.389 e. The highest BCUT2D eigenvalue weighted by atomic mass is 35.5. The normalized spacial score (nSPS) is 12.5. The smallest absolute Gasteiger partial charge is 0.0891 e. The molecule has 3 aromatic rings. The van der Waals surface area contributed by atoms with Crippen LogP contribution in [0.4, 0.5) is 5.69 Å². The summed E-state index contributed by atoms with van der Waals surface area (Å²) in [5, 5.41) is 15.6. The van der Waals surface area contributed by atoms with Crippen LogP contribution < -0.4 is 5.32 Å². The van der Waals surface area contributed by atoms with E-state index in [-0.39, 0.29) is 0 Å². The third-order valence-electron chi connectivity index (χ3n) is 4.33. The predicted molar refractivity (Wildman–Crippen MR) is 97.4 cm³/mol. The molecule has 0 aliphatic heterocycles. The fourth-order valence-corrected chi connectivity index (χ4v) is 3.04. The van der Waals surface area contributed by atoms with Gasteiger partial charge in [-0.05, 0) is 49.7 Å². The summed E-state index contributed by atoms with van der Waals surface area (Å²) in [6.07, 6.45) is -0.473. The third kappa shape index (κ3) is 3.36. The average Bonchev–Trinajstić information content (AvgIpc) is 2.80. The number of aromatic nitrogens is 1. The second-order valence-corrected chi connectivity index (χ2v) is 6.32. The molecule has 3 nitrogen and oxygen atoms in total. The molecule has 0 saturated heterocycles. The van der Waals surface area contributed by atoms with E-state index in [2.05, 4.69) is 41.9 Å². The maximum atomic E-state index is 10.4. The highest BCUT2D eigenvalue weighted by Crippen LogP contribution is 2.25. The molecule has 0 spiro atoms. The molecule has 1 aromatic heterocycles. The van der Waals surface area contributed by atoms with Crippen molar-refractivity contribution in [1.29, 1.82) is 0 Å². The van der Waals surface area contributed by atoms with Crippen molar-refractivity contribution in [1.82, 2.24) is 4.57 Å². The Morgan fingerprint density at radius 2 is 1.78 bits per heavy atom. The van der Waals surface area contributed by atoms with Gasteiger partial charge >= 0.3 is 0 Å². The van der Waals surface area contributed by atoms with Crippen molar-refractivity contribution in [3.8, 4) is 0 Å². The minimum Gasteiger partial charge on any atom is -0.389 e. The number of hydrogen-bond acceptors (Lipinski definition) is 2. The number of nitrogens with one attached hydrogen (secondary N) is 1. The zero-order valence-electron chi connectivity index (χ0n) is 13.4. The van der Waals surface area contributed by atoms with Gasteiger partial charge in [-0.2, -0.15) is 0 Å². The molecule has 2 aromatic carbocycles. The summed E-state index contributed by atoms with van der Waals surface area (Å²) < 4.78 is 2.19. The van der Waals surface area contributed by atoms with Gasteiger partial charge in [0.2, 0.25) is 0 Å². The van der Waals surface area contributed by atoms with Crippen molar-refractivity contribution in [3.63, 3.8) is 0 Å². The van der Waals surface area contributed by atoms with Crippen molar-refractivity contribution in [2.24, 2.45) is 0 Å². The molecule has 2 N–H and O–H groups in total. The first-order chi connectivity index (χ1) is 11.1. The molecule has 0 aliphatic rings. The summed E-state index contributed by atoms with van der Waals surface area (Å²) in [4.78, 5) is 0. The number of fused-ring (bicyclic) bond motifs is 1. The number of rotatable bonds is 5. The molecule has 3 rings (SSSR count). The lowest BCUT2D eigenvalue weighted by Crippen LogP contribution is -2.25. The Morgan fingerprint density at radius 1 is 1.09 bits per heavy atom. The van der Waals surface area contributed by atoms with Crippen LogP contribution in [0.5, 0.6) is 0 Å².